The lowest BCUT2D eigenvalue weighted by molar-refractivity contribution is -0.788. The molecule has 0 unspecified atom stereocenters. The SMILES string of the molecule is CCCCC1=C[N+](CCCC)(CCCC)C(CCCC)=N1. The number of hydrogen-bond acceptors (Lipinski definition) is 1. The van der Waals surface area contributed by atoms with Gasteiger partial charge in [-0.3, -0.25) is 4.48 Å². The van der Waals surface area contributed by atoms with Crippen LogP contribution in [-0.2, 0) is 0 Å². The first-order valence-corrected chi connectivity index (χ1v) is 9.39. The molecule has 1 heterocycles. The van der Waals surface area contributed by atoms with E-state index in [2.05, 4.69) is 33.9 Å². The highest BCUT2D eigenvalue weighted by atomic mass is 15.4. The van der Waals surface area contributed by atoms with Gasteiger partial charge in [-0.2, -0.15) is 4.99 Å². The van der Waals surface area contributed by atoms with E-state index in [0.29, 0.717) is 0 Å². The lowest BCUT2D eigenvalue weighted by Crippen LogP contribution is -2.47. The van der Waals surface area contributed by atoms with Gasteiger partial charge in [0.25, 0.3) is 0 Å². The van der Waals surface area contributed by atoms with E-state index in [0.717, 1.165) is 4.48 Å². The summed E-state index contributed by atoms with van der Waals surface area (Å²) in [7, 11) is 0. The number of allylic oxidation sites excluding steroid dienone is 1. The van der Waals surface area contributed by atoms with E-state index >= 15 is 0 Å². The van der Waals surface area contributed by atoms with Crippen LogP contribution in [0.4, 0.5) is 0 Å². The highest BCUT2D eigenvalue weighted by Crippen LogP contribution is 2.29. The third-order valence-corrected chi connectivity index (χ3v) is 4.54. The molecule has 1 aliphatic heterocycles. The normalized spacial score (nSPS) is 17.0. The molecule has 0 radical (unpaired) electrons. The lowest BCUT2D eigenvalue weighted by Gasteiger charge is -2.32. The molecule has 2 heteroatoms. The summed E-state index contributed by atoms with van der Waals surface area (Å²) >= 11 is 0. The van der Waals surface area contributed by atoms with Gasteiger partial charge in [0, 0.05) is 6.42 Å². The maximum absolute atomic E-state index is 5.07. The topological polar surface area (TPSA) is 12.4 Å². The molecule has 21 heavy (non-hydrogen) atoms. The van der Waals surface area contributed by atoms with Crippen molar-refractivity contribution < 1.29 is 4.48 Å². The Balaban J connectivity index is 2.89. The molecule has 0 amide bonds. The van der Waals surface area contributed by atoms with Crippen LogP contribution < -0.4 is 0 Å². The Morgan fingerprint density at radius 3 is 1.81 bits per heavy atom. The Morgan fingerprint density at radius 1 is 0.762 bits per heavy atom. The van der Waals surface area contributed by atoms with Gasteiger partial charge in [-0.25, -0.2) is 0 Å². The fourth-order valence-electron chi connectivity index (χ4n) is 3.13. The van der Waals surface area contributed by atoms with E-state index in [1.54, 1.807) is 0 Å². The molecule has 1 rings (SSSR count). The molecular formula is C19H37N2+. The number of hydrogen-bond donors (Lipinski definition) is 0. The van der Waals surface area contributed by atoms with Crippen LogP contribution in [0.15, 0.2) is 16.9 Å². The Morgan fingerprint density at radius 2 is 1.29 bits per heavy atom. The number of quaternary nitrogens is 1. The average Bonchev–Trinajstić information content (AvgIpc) is 2.85. The van der Waals surface area contributed by atoms with E-state index in [-0.39, 0.29) is 0 Å². The van der Waals surface area contributed by atoms with E-state index in [1.807, 2.05) is 0 Å². The second-order valence-electron chi connectivity index (χ2n) is 6.54. The second kappa shape index (κ2) is 10.2. The zero-order valence-electron chi connectivity index (χ0n) is 15.0. The Hall–Kier alpha value is -0.630. The number of unbranched alkanes of at least 4 members (excludes halogenated alkanes) is 4. The van der Waals surface area contributed by atoms with Gasteiger partial charge in [0.2, 0.25) is 5.84 Å². The molecule has 0 N–H and O–H groups in total. The lowest BCUT2D eigenvalue weighted by atomic mass is 10.1. The van der Waals surface area contributed by atoms with Crippen LogP contribution in [0.5, 0.6) is 0 Å². The summed E-state index contributed by atoms with van der Waals surface area (Å²) in [5.41, 5.74) is 1.37. The Bertz CT molecular complexity index is 333. The third-order valence-electron chi connectivity index (χ3n) is 4.54. The van der Waals surface area contributed by atoms with Gasteiger partial charge in [0.1, 0.15) is 6.20 Å². The van der Waals surface area contributed by atoms with Crippen molar-refractivity contribution in [2.45, 2.75) is 91.9 Å². The smallest absolute Gasteiger partial charge is 0.207 e. The van der Waals surface area contributed by atoms with Gasteiger partial charge in [-0.1, -0.05) is 53.4 Å². The van der Waals surface area contributed by atoms with Crippen LogP contribution >= 0.6 is 0 Å². The summed E-state index contributed by atoms with van der Waals surface area (Å²) < 4.78 is 1.08. The molecule has 122 valence electrons. The van der Waals surface area contributed by atoms with Crippen LogP contribution in [0.25, 0.3) is 0 Å². The quantitative estimate of drug-likeness (QED) is 0.389. The third kappa shape index (κ3) is 5.58. The number of rotatable bonds is 12. The van der Waals surface area contributed by atoms with Gasteiger partial charge >= 0.3 is 0 Å². The van der Waals surface area contributed by atoms with Crippen LogP contribution in [-0.4, -0.2) is 23.4 Å². The van der Waals surface area contributed by atoms with Crippen LogP contribution in [0, 0.1) is 0 Å². The molecule has 2 nitrogen and oxygen atoms in total. The Kier molecular flexibility index (Phi) is 8.91. The number of aliphatic imine (C=N–C) groups is 1. The van der Waals surface area contributed by atoms with E-state index < -0.39 is 0 Å². The van der Waals surface area contributed by atoms with Crippen LogP contribution in [0.2, 0.25) is 0 Å². The molecule has 0 spiro atoms. The molecule has 1 aliphatic rings. The van der Waals surface area contributed by atoms with Crippen molar-refractivity contribution in [1.82, 2.24) is 0 Å². The zero-order chi connectivity index (χ0) is 15.6. The molecule has 0 aromatic rings. The van der Waals surface area contributed by atoms with E-state index in [9.17, 15) is 0 Å². The van der Waals surface area contributed by atoms with Crippen molar-refractivity contribution in [2.75, 3.05) is 13.1 Å². The van der Waals surface area contributed by atoms with Crippen molar-refractivity contribution in [1.29, 1.82) is 0 Å². The van der Waals surface area contributed by atoms with E-state index in [1.165, 1.54) is 88.8 Å². The summed E-state index contributed by atoms with van der Waals surface area (Å²) in [5, 5.41) is 0. The highest BCUT2D eigenvalue weighted by molar-refractivity contribution is 5.79. The van der Waals surface area contributed by atoms with Gasteiger partial charge < -0.3 is 0 Å². The minimum Gasteiger partial charge on any atom is -0.251 e. The molecule has 0 aromatic carbocycles. The molecule has 0 aliphatic carbocycles. The molecule has 0 saturated carbocycles. The summed E-state index contributed by atoms with van der Waals surface area (Å²) in [6, 6.07) is 0. The summed E-state index contributed by atoms with van der Waals surface area (Å²) in [4.78, 5) is 5.07. The van der Waals surface area contributed by atoms with Gasteiger partial charge in [-0.15, -0.1) is 0 Å². The summed E-state index contributed by atoms with van der Waals surface area (Å²) in [5.74, 6) is 1.46. The molecular weight excluding hydrogens is 256 g/mol. The van der Waals surface area contributed by atoms with Crippen LogP contribution in [0.3, 0.4) is 0 Å². The summed E-state index contributed by atoms with van der Waals surface area (Å²) in [6.07, 6.45) is 15.2. The molecule has 0 bridgehead atoms. The zero-order valence-corrected chi connectivity index (χ0v) is 15.0. The van der Waals surface area contributed by atoms with E-state index in [4.69, 9.17) is 4.99 Å². The minimum atomic E-state index is 1.08. The molecule has 0 aromatic heterocycles. The molecule has 0 atom stereocenters. The van der Waals surface area contributed by atoms with Crippen molar-refractivity contribution in [3.8, 4) is 0 Å². The predicted molar refractivity (Wildman–Crippen MR) is 94.4 cm³/mol. The first-order chi connectivity index (χ1) is 10.2. The predicted octanol–water partition coefficient (Wildman–Crippen LogP) is 6.04. The maximum atomic E-state index is 5.07. The number of amidine groups is 1. The van der Waals surface area contributed by atoms with Gasteiger partial charge in [-0.05, 0) is 32.1 Å². The van der Waals surface area contributed by atoms with Crippen molar-refractivity contribution in [3.05, 3.63) is 11.9 Å². The minimum absolute atomic E-state index is 1.08. The average molecular weight is 294 g/mol. The van der Waals surface area contributed by atoms with Gasteiger partial charge in [0.15, 0.2) is 0 Å². The highest BCUT2D eigenvalue weighted by Gasteiger charge is 2.36. The van der Waals surface area contributed by atoms with Crippen molar-refractivity contribution in [3.63, 3.8) is 0 Å². The van der Waals surface area contributed by atoms with Crippen LogP contribution in [0.1, 0.15) is 91.9 Å². The largest absolute Gasteiger partial charge is 0.251 e. The fourth-order valence-corrected chi connectivity index (χ4v) is 3.13. The first kappa shape index (κ1) is 18.4. The maximum Gasteiger partial charge on any atom is 0.207 e. The standard InChI is InChI=1S/C19H37N2/c1-5-9-13-18-17-21(15-11-7-3,16-12-8-4)19(20-18)14-10-6-2/h17H,5-16H2,1-4H3/q+1. The Labute approximate surface area is 132 Å². The number of nitrogens with zero attached hydrogens (tertiary/aromatic N) is 2. The first-order valence-electron chi connectivity index (χ1n) is 9.39. The molecule has 0 fully saturated rings. The van der Waals surface area contributed by atoms with Crippen molar-refractivity contribution >= 4 is 5.84 Å². The monoisotopic (exact) mass is 293 g/mol. The fraction of sp³-hybridized carbons (Fsp3) is 0.842. The van der Waals surface area contributed by atoms with Crippen molar-refractivity contribution in [2.24, 2.45) is 4.99 Å². The second-order valence-corrected chi connectivity index (χ2v) is 6.54. The molecule has 0 saturated heterocycles. The van der Waals surface area contributed by atoms with Gasteiger partial charge in [0.05, 0.1) is 18.8 Å². The summed E-state index contributed by atoms with van der Waals surface area (Å²) in [6.45, 7) is 11.7.